The van der Waals surface area contributed by atoms with Gasteiger partial charge < -0.3 is 9.64 Å². The van der Waals surface area contributed by atoms with Crippen molar-refractivity contribution in [2.75, 3.05) is 52.3 Å². The molecule has 29 heavy (non-hydrogen) atoms. The lowest BCUT2D eigenvalue weighted by Crippen LogP contribution is -3.06. The third-order valence-corrected chi connectivity index (χ3v) is 7.27. The van der Waals surface area contributed by atoms with Gasteiger partial charge in [-0.15, -0.1) is 0 Å². The van der Waals surface area contributed by atoms with E-state index in [9.17, 15) is 8.42 Å². The summed E-state index contributed by atoms with van der Waals surface area (Å²) in [5, 5.41) is 3.41. The minimum absolute atomic E-state index is 0.273. The van der Waals surface area contributed by atoms with Gasteiger partial charge in [-0.2, -0.15) is 4.31 Å². The molecule has 2 heterocycles. The Balaban J connectivity index is 1.66. The fourth-order valence-corrected chi connectivity index (χ4v) is 4.85. The Bertz CT molecular complexity index is 877. The smallest absolute Gasteiger partial charge is 0.272 e. The summed E-state index contributed by atoms with van der Waals surface area (Å²) < 4.78 is 32.2. The molecule has 0 unspecified atom stereocenters. The Labute approximate surface area is 173 Å². The molecule has 7 nitrogen and oxygen atoms in total. The van der Waals surface area contributed by atoms with Crippen LogP contribution in [0.25, 0.3) is 0 Å². The minimum Gasteiger partial charge on any atom is -0.379 e. The van der Waals surface area contributed by atoms with Crippen LogP contribution in [0, 0.1) is 0 Å². The summed E-state index contributed by atoms with van der Waals surface area (Å²) in [4.78, 5) is 4.69. The van der Waals surface area contributed by atoms with E-state index in [4.69, 9.17) is 4.74 Å². The Kier molecular flexibility index (Phi) is 7.23. The SMILES string of the molecule is CCc1ccc([C@@H](CNc2ccc(S(=O)(=O)N3CCOCC3)c[nH+]2)[NH+](C)C)cc1. The van der Waals surface area contributed by atoms with Crippen molar-refractivity contribution in [1.29, 1.82) is 0 Å². The first kappa shape index (κ1) is 21.7. The fraction of sp³-hybridized carbons (Fsp3) is 0.476. The van der Waals surface area contributed by atoms with E-state index in [-0.39, 0.29) is 10.9 Å². The normalized spacial score (nSPS) is 16.7. The molecule has 158 valence electrons. The number of aryl methyl sites for hydroxylation is 1. The Morgan fingerprint density at radius 3 is 2.38 bits per heavy atom. The number of sulfonamides is 1. The minimum atomic E-state index is -3.48. The third kappa shape index (κ3) is 5.33. The molecule has 1 atom stereocenters. The molecular weight excluding hydrogens is 388 g/mol. The number of benzene rings is 1. The summed E-state index contributed by atoms with van der Waals surface area (Å²) >= 11 is 0. The van der Waals surface area contributed by atoms with Gasteiger partial charge in [0.05, 0.1) is 27.3 Å². The lowest BCUT2D eigenvalue weighted by molar-refractivity contribution is -0.890. The lowest BCUT2D eigenvalue weighted by Gasteiger charge is -2.25. The molecule has 1 aliphatic rings. The predicted octanol–water partition coefficient (Wildman–Crippen LogP) is 0.382. The largest absolute Gasteiger partial charge is 0.379 e. The number of hydrogen-bond donors (Lipinski definition) is 2. The van der Waals surface area contributed by atoms with Gasteiger partial charge in [-0.3, -0.25) is 5.32 Å². The van der Waals surface area contributed by atoms with Crippen LogP contribution in [0.5, 0.6) is 0 Å². The quantitative estimate of drug-likeness (QED) is 0.647. The Hall–Kier alpha value is -2.00. The van der Waals surface area contributed by atoms with E-state index in [0.29, 0.717) is 26.3 Å². The summed E-state index contributed by atoms with van der Waals surface area (Å²) in [6.07, 6.45) is 2.59. The number of nitrogens with zero attached hydrogens (tertiary/aromatic N) is 1. The molecule has 1 fully saturated rings. The number of pyridine rings is 1. The average molecular weight is 421 g/mol. The molecule has 0 amide bonds. The maximum absolute atomic E-state index is 12.7. The number of nitrogens with one attached hydrogen (secondary N) is 3. The van der Waals surface area contributed by atoms with Crippen LogP contribution >= 0.6 is 0 Å². The van der Waals surface area contributed by atoms with Gasteiger partial charge in [-0.25, -0.2) is 13.4 Å². The molecule has 1 aliphatic heterocycles. The zero-order chi connectivity index (χ0) is 20.9. The molecule has 1 saturated heterocycles. The molecule has 0 spiro atoms. The standard InChI is InChI=1S/C21H30N4O3S/c1-4-17-5-7-18(8-6-17)20(24(2)3)16-23-21-10-9-19(15-22-21)29(26,27)25-11-13-28-14-12-25/h5-10,15,20H,4,11-14,16H2,1-3H3,(H,22,23)/p+2/t20-/m1/s1. The number of hydrogen-bond acceptors (Lipinski definition) is 4. The number of quaternary nitrogens is 1. The van der Waals surface area contributed by atoms with Crippen molar-refractivity contribution in [2.24, 2.45) is 0 Å². The van der Waals surface area contributed by atoms with E-state index in [2.05, 4.69) is 55.6 Å². The van der Waals surface area contributed by atoms with Crippen molar-refractivity contribution in [3.63, 3.8) is 0 Å². The molecule has 3 N–H and O–H groups in total. The van der Waals surface area contributed by atoms with E-state index in [1.165, 1.54) is 20.3 Å². The zero-order valence-corrected chi connectivity index (χ0v) is 18.3. The van der Waals surface area contributed by atoms with Gasteiger partial charge in [0.1, 0.15) is 17.6 Å². The maximum atomic E-state index is 12.7. The van der Waals surface area contributed by atoms with Gasteiger partial charge in [-0.05, 0) is 18.1 Å². The Morgan fingerprint density at radius 2 is 1.83 bits per heavy atom. The number of morpholine rings is 1. The van der Waals surface area contributed by atoms with Gasteiger partial charge in [0.15, 0.2) is 6.04 Å². The predicted molar refractivity (Wildman–Crippen MR) is 112 cm³/mol. The van der Waals surface area contributed by atoms with Gasteiger partial charge in [0.25, 0.3) is 5.82 Å². The number of likely N-dealkylation sites (N-methyl/N-ethyl adjacent to an activating group) is 1. The highest BCUT2D eigenvalue weighted by Crippen LogP contribution is 2.17. The number of aromatic amines is 1. The van der Waals surface area contributed by atoms with Crippen LogP contribution in [0.15, 0.2) is 47.5 Å². The molecule has 3 rings (SSSR count). The number of rotatable bonds is 8. The van der Waals surface area contributed by atoms with E-state index in [1.807, 2.05) is 0 Å². The van der Waals surface area contributed by atoms with E-state index >= 15 is 0 Å². The number of ether oxygens (including phenoxy) is 1. The van der Waals surface area contributed by atoms with Gasteiger partial charge in [0, 0.05) is 24.7 Å². The van der Waals surface area contributed by atoms with E-state index in [1.54, 1.807) is 18.3 Å². The topological polar surface area (TPSA) is 77.2 Å². The van der Waals surface area contributed by atoms with Gasteiger partial charge in [0.2, 0.25) is 10.0 Å². The monoisotopic (exact) mass is 420 g/mol. The van der Waals surface area contributed by atoms with Crippen molar-refractivity contribution in [1.82, 2.24) is 4.31 Å². The second-order valence-electron chi connectivity index (χ2n) is 7.56. The van der Waals surface area contributed by atoms with Crippen LogP contribution in [0.1, 0.15) is 24.1 Å². The van der Waals surface area contributed by atoms with Crippen LogP contribution < -0.4 is 15.2 Å². The van der Waals surface area contributed by atoms with Crippen LogP contribution in [0.3, 0.4) is 0 Å². The molecule has 1 aromatic carbocycles. The molecule has 0 radical (unpaired) electrons. The van der Waals surface area contributed by atoms with Crippen molar-refractivity contribution in [3.8, 4) is 0 Å². The first-order chi connectivity index (χ1) is 13.9. The van der Waals surface area contributed by atoms with Crippen molar-refractivity contribution >= 4 is 15.8 Å². The summed E-state index contributed by atoms with van der Waals surface area (Å²) in [6.45, 7) is 4.56. The van der Waals surface area contributed by atoms with Crippen molar-refractivity contribution in [3.05, 3.63) is 53.7 Å². The first-order valence-electron chi connectivity index (χ1n) is 10.1. The van der Waals surface area contributed by atoms with E-state index in [0.717, 1.165) is 18.8 Å². The number of anilines is 1. The lowest BCUT2D eigenvalue weighted by atomic mass is 10.0. The zero-order valence-electron chi connectivity index (χ0n) is 17.4. The fourth-order valence-electron chi connectivity index (χ4n) is 3.47. The highest BCUT2D eigenvalue weighted by molar-refractivity contribution is 7.89. The molecular formula is C21H32N4O3S+2. The van der Waals surface area contributed by atoms with Crippen molar-refractivity contribution < 1.29 is 23.0 Å². The molecule has 2 aromatic rings. The second kappa shape index (κ2) is 9.67. The maximum Gasteiger partial charge on any atom is 0.272 e. The highest BCUT2D eigenvalue weighted by atomic mass is 32.2. The summed E-state index contributed by atoms with van der Waals surface area (Å²) in [6, 6.07) is 12.5. The number of H-pyrrole nitrogens is 1. The van der Waals surface area contributed by atoms with E-state index < -0.39 is 10.0 Å². The number of aromatic nitrogens is 1. The first-order valence-corrected chi connectivity index (χ1v) is 11.6. The van der Waals surface area contributed by atoms with Gasteiger partial charge >= 0.3 is 0 Å². The second-order valence-corrected chi connectivity index (χ2v) is 9.50. The molecule has 1 aromatic heterocycles. The highest BCUT2D eigenvalue weighted by Gasteiger charge is 2.27. The van der Waals surface area contributed by atoms with Crippen LogP contribution in [-0.2, 0) is 21.2 Å². The summed E-state index contributed by atoms with van der Waals surface area (Å²) in [7, 11) is 0.798. The van der Waals surface area contributed by atoms with Gasteiger partial charge in [-0.1, -0.05) is 31.2 Å². The third-order valence-electron chi connectivity index (χ3n) is 5.38. The van der Waals surface area contributed by atoms with Crippen LogP contribution in [-0.4, -0.2) is 59.7 Å². The molecule has 8 heteroatoms. The molecule has 0 aliphatic carbocycles. The summed E-state index contributed by atoms with van der Waals surface area (Å²) in [5.74, 6) is 0.794. The van der Waals surface area contributed by atoms with Crippen molar-refractivity contribution in [2.45, 2.75) is 24.3 Å². The molecule has 0 saturated carbocycles. The molecule has 0 bridgehead atoms. The Morgan fingerprint density at radius 1 is 1.14 bits per heavy atom. The van der Waals surface area contributed by atoms with Crippen LogP contribution in [0.4, 0.5) is 5.82 Å². The average Bonchev–Trinajstić information content (AvgIpc) is 2.75. The van der Waals surface area contributed by atoms with Crippen LogP contribution in [0.2, 0.25) is 0 Å². The summed E-state index contributed by atoms with van der Waals surface area (Å²) in [5.41, 5.74) is 2.61.